The van der Waals surface area contributed by atoms with E-state index in [4.69, 9.17) is 16.3 Å². The van der Waals surface area contributed by atoms with Crippen molar-refractivity contribution in [2.75, 3.05) is 32.8 Å². The zero-order valence-corrected chi connectivity index (χ0v) is 16.3. The van der Waals surface area contributed by atoms with Gasteiger partial charge >= 0.3 is 0 Å². The first-order valence-electron chi connectivity index (χ1n) is 8.97. The van der Waals surface area contributed by atoms with Crippen LogP contribution in [0.25, 0.3) is 0 Å². The van der Waals surface area contributed by atoms with Gasteiger partial charge in [-0.3, -0.25) is 9.59 Å². The zero-order chi connectivity index (χ0) is 19.4. The van der Waals surface area contributed by atoms with Crippen molar-refractivity contribution in [1.29, 1.82) is 0 Å². The van der Waals surface area contributed by atoms with Crippen LogP contribution in [0.5, 0.6) is 5.75 Å². The highest BCUT2D eigenvalue weighted by Crippen LogP contribution is 2.19. The van der Waals surface area contributed by atoms with Gasteiger partial charge in [-0.15, -0.1) is 0 Å². The zero-order valence-electron chi connectivity index (χ0n) is 15.6. The molecule has 0 aliphatic carbocycles. The van der Waals surface area contributed by atoms with Crippen molar-refractivity contribution in [3.05, 3.63) is 64.2 Å². The van der Waals surface area contributed by atoms with Gasteiger partial charge in [0, 0.05) is 36.8 Å². The van der Waals surface area contributed by atoms with Gasteiger partial charge < -0.3 is 14.5 Å². The molecule has 0 radical (unpaired) electrons. The molecule has 1 saturated heterocycles. The third-order valence-electron chi connectivity index (χ3n) is 4.67. The van der Waals surface area contributed by atoms with Gasteiger partial charge in [-0.2, -0.15) is 0 Å². The van der Waals surface area contributed by atoms with Gasteiger partial charge in [0.05, 0.1) is 0 Å². The molecule has 0 unspecified atom stereocenters. The summed E-state index contributed by atoms with van der Waals surface area (Å²) in [6.45, 7) is 6.00. The van der Waals surface area contributed by atoms with E-state index in [-0.39, 0.29) is 18.4 Å². The SMILES string of the molecule is Cc1ccc(OCC(=O)N2CCN(C(=O)c3cccc(Cl)c3)CC2)c(C)c1. The fraction of sp³-hybridized carbons (Fsp3) is 0.333. The molecule has 0 bridgehead atoms. The van der Waals surface area contributed by atoms with Gasteiger partial charge in [0.2, 0.25) is 0 Å². The number of amides is 2. The van der Waals surface area contributed by atoms with Crippen LogP contribution in [-0.4, -0.2) is 54.4 Å². The number of nitrogens with zero attached hydrogens (tertiary/aromatic N) is 2. The average Bonchev–Trinajstić information content (AvgIpc) is 2.66. The molecule has 142 valence electrons. The minimum absolute atomic E-state index is 0.00609. The highest BCUT2D eigenvalue weighted by atomic mass is 35.5. The molecule has 2 aromatic rings. The monoisotopic (exact) mass is 386 g/mol. The van der Waals surface area contributed by atoms with Gasteiger partial charge in [0.25, 0.3) is 11.8 Å². The van der Waals surface area contributed by atoms with E-state index < -0.39 is 0 Å². The summed E-state index contributed by atoms with van der Waals surface area (Å²) in [5.41, 5.74) is 2.74. The van der Waals surface area contributed by atoms with Crippen LogP contribution in [0.1, 0.15) is 21.5 Å². The molecule has 6 heteroatoms. The lowest BCUT2D eigenvalue weighted by atomic mass is 10.1. The molecule has 1 heterocycles. The average molecular weight is 387 g/mol. The van der Waals surface area contributed by atoms with Gasteiger partial charge in [0.1, 0.15) is 5.75 Å². The third kappa shape index (κ3) is 4.80. The molecule has 3 rings (SSSR count). The Kier molecular flexibility index (Phi) is 6.01. The second-order valence-corrected chi connectivity index (χ2v) is 7.18. The maximum absolute atomic E-state index is 12.5. The van der Waals surface area contributed by atoms with E-state index in [2.05, 4.69) is 0 Å². The number of hydrogen-bond donors (Lipinski definition) is 0. The number of ether oxygens (including phenoxy) is 1. The number of halogens is 1. The minimum atomic E-state index is -0.0650. The summed E-state index contributed by atoms with van der Waals surface area (Å²) in [5, 5.41) is 0.540. The largest absolute Gasteiger partial charge is 0.484 e. The van der Waals surface area contributed by atoms with E-state index in [1.807, 2.05) is 32.0 Å². The van der Waals surface area contributed by atoms with E-state index in [0.29, 0.717) is 36.8 Å². The van der Waals surface area contributed by atoms with E-state index in [0.717, 1.165) is 16.9 Å². The second kappa shape index (κ2) is 8.44. The quantitative estimate of drug-likeness (QED) is 0.809. The highest BCUT2D eigenvalue weighted by Gasteiger charge is 2.25. The number of rotatable bonds is 4. The molecule has 5 nitrogen and oxygen atoms in total. The first-order chi connectivity index (χ1) is 12.9. The second-order valence-electron chi connectivity index (χ2n) is 6.74. The van der Waals surface area contributed by atoms with E-state index in [9.17, 15) is 9.59 Å². The summed E-state index contributed by atoms with van der Waals surface area (Å²) in [6.07, 6.45) is 0. The number of piperazine rings is 1. The smallest absolute Gasteiger partial charge is 0.260 e. The molecular weight excluding hydrogens is 364 g/mol. The molecule has 0 saturated carbocycles. The Morgan fingerprint density at radius 3 is 2.37 bits per heavy atom. The normalized spacial score (nSPS) is 14.2. The molecule has 0 spiro atoms. The van der Waals surface area contributed by atoms with Gasteiger partial charge in [-0.05, 0) is 43.7 Å². The maximum atomic E-state index is 12.5. The Labute approximate surface area is 164 Å². The van der Waals surface area contributed by atoms with Crippen molar-refractivity contribution in [3.8, 4) is 5.75 Å². The summed E-state index contributed by atoms with van der Waals surface area (Å²) in [6, 6.07) is 12.8. The molecule has 2 aromatic carbocycles. The topological polar surface area (TPSA) is 49.9 Å². The molecule has 2 amide bonds. The van der Waals surface area contributed by atoms with Crippen LogP contribution in [0, 0.1) is 13.8 Å². The summed E-state index contributed by atoms with van der Waals surface area (Å²) in [4.78, 5) is 28.5. The molecule has 1 aliphatic rings. The minimum Gasteiger partial charge on any atom is -0.484 e. The third-order valence-corrected chi connectivity index (χ3v) is 4.91. The van der Waals surface area contributed by atoms with E-state index >= 15 is 0 Å². The molecule has 27 heavy (non-hydrogen) atoms. The molecular formula is C21H23ClN2O3. The predicted octanol–water partition coefficient (Wildman–Crippen LogP) is 3.32. The van der Waals surface area contributed by atoms with Crippen molar-refractivity contribution in [1.82, 2.24) is 9.80 Å². The predicted molar refractivity (Wildman–Crippen MR) is 105 cm³/mol. The molecule has 0 atom stereocenters. The lowest BCUT2D eigenvalue weighted by Gasteiger charge is -2.34. The maximum Gasteiger partial charge on any atom is 0.260 e. The standard InChI is InChI=1S/C21H23ClN2O3/c1-15-6-7-19(16(2)12-15)27-14-20(25)23-8-10-24(11-9-23)21(26)17-4-3-5-18(22)13-17/h3-7,12-13H,8-11,14H2,1-2H3. The van der Waals surface area contributed by atoms with Crippen LogP contribution in [0.4, 0.5) is 0 Å². The van der Waals surface area contributed by atoms with Crippen LogP contribution >= 0.6 is 11.6 Å². The fourth-order valence-corrected chi connectivity index (χ4v) is 3.35. The number of benzene rings is 2. The van der Waals surface area contributed by atoms with Gasteiger partial charge in [-0.1, -0.05) is 35.4 Å². The summed E-state index contributed by atoms with van der Waals surface area (Å²) in [5.74, 6) is 0.602. The van der Waals surface area contributed by atoms with Crippen LogP contribution in [0.3, 0.4) is 0 Å². The van der Waals surface area contributed by atoms with Gasteiger partial charge in [-0.25, -0.2) is 0 Å². The lowest BCUT2D eigenvalue weighted by molar-refractivity contribution is -0.134. The molecule has 0 aromatic heterocycles. The number of carbonyl (C=O) groups excluding carboxylic acids is 2. The van der Waals surface area contributed by atoms with Crippen molar-refractivity contribution < 1.29 is 14.3 Å². The van der Waals surface area contributed by atoms with Crippen molar-refractivity contribution in [3.63, 3.8) is 0 Å². The van der Waals surface area contributed by atoms with E-state index in [1.165, 1.54) is 0 Å². The van der Waals surface area contributed by atoms with Crippen LogP contribution in [-0.2, 0) is 4.79 Å². The van der Waals surface area contributed by atoms with Crippen LogP contribution in [0.15, 0.2) is 42.5 Å². The Balaban J connectivity index is 1.51. The lowest BCUT2D eigenvalue weighted by Crippen LogP contribution is -2.51. The molecule has 0 N–H and O–H groups in total. The number of aryl methyl sites for hydroxylation is 2. The number of hydrogen-bond acceptors (Lipinski definition) is 3. The van der Waals surface area contributed by atoms with E-state index in [1.54, 1.807) is 34.1 Å². The summed E-state index contributed by atoms with van der Waals surface area (Å²) < 4.78 is 5.68. The van der Waals surface area contributed by atoms with Gasteiger partial charge in [0.15, 0.2) is 6.61 Å². The van der Waals surface area contributed by atoms with Crippen LogP contribution in [0.2, 0.25) is 5.02 Å². The van der Waals surface area contributed by atoms with Crippen molar-refractivity contribution >= 4 is 23.4 Å². The Bertz CT molecular complexity index is 845. The van der Waals surface area contributed by atoms with Crippen molar-refractivity contribution in [2.45, 2.75) is 13.8 Å². The Hall–Kier alpha value is -2.53. The Morgan fingerprint density at radius 2 is 1.70 bits per heavy atom. The highest BCUT2D eigenvalue weighted by molar-refractivity contribution is 6.30. The first kappa shape index (κ1) is 19.2. The number of carbonyl (C=O) groups is 2. The van der Waals surface area contributed by atoms with Crippen LogP contribution < -0.4 is 4.74 Å². The van der Waals surface area contributed by atoms with Crippen molar-refractivity contribution in [2.24, 2.45) is 0 Å². The summed E-state index contributed by atoms with van der Waals surface area (Å²) >= 11 is 5.96. The molecule has 1 aliphatic heterocycles. The summed E-state index contributed by atoms with van der Waals surface area (Å²) in [7, 11) is 0. The Morgan fingerprint density at radius 1 is 1.00 bits per heavy atom. The fourth-order valence-electron chi connectivity index (χ4n) is 3.16. The first-order valence-corrected chi connectivity index (χ1v) is 9.34. The molecule has 1 fully saturated rings.